The molecule has 0 unspecified atom stereocenters. The molecule has 23 heavy (non-hydrogen) atoms. The number of nitrogens with zero attached hydrogens (tertiary/aromatic N) is 3. The zero-order valence-corrected chi connectivity index (χ0v) is 12.7. The number of halogens is 1. The van der Waals surface area contributed by atoms with E-state index in [4.69, 9.17) is 0 Å². The van der Waals surface area contributed by atoms with Crippen molar-refractivity contribution in [3.05, 3.63) is 71.6 Å². The number of benzene rings is 2. The monoisotopic (exact) mass is 310 g/mol. The van der Waals surface area contributed by atoms with Crippen LogP contribution in [0, 0.1) is 19.7 Å². The highest BCUT2D eigenvalue weighted by atomic mass is 19.1. The van der Waals surface area contributed by atoms with Crippen LogP contribution in [-0.2, 0) is 0 Å². The van der Waals surface area contributed by atoms with E-state index < -0.39 is 0 Å². The van der Waals surface area contributed by atoms with Crippen molar-refractivity contribution in [3.63, 3.8) is 0 Å². The zero-order chi connectivity index (χ0) is 16.4. The van der Waals surface area contributed by atoms with Crippen LogP contribution in [0.25, 0.3) is 5.69 Å². The number of para-hydroxylation sites is 1. The number of nitrogens with one attached hydrogen (secondary N) is 1. The topological polar surface area (TPSA) is 59.8 Å². The smallest absolute Gasteiger partial charge is 0.295 e. The molecule has 0 saturated heterocycles. The molecule has 1 aromatic heterocycles. The largest absolute Gasteiger partial charge is 0.319 e. The van der Waals surface area contributed by atoms with E-state index in [2.05, 4.69) is 15.4 Å². The summed E-state index contributed by atoms with van der Waals surface area (Å²) in [5.74, 6) is -0.103. The van der Waals surface area contributed by atoms with Crippen LogP contribution in [0.5, 0.6) is 0 Å². The lowest BCUT2D eigenvalue weighted by molar-refractivity contribution is 0.101. The lowest BCUT2D eigenvalue weighted by atomic mass is 10.2. The van der Waals surface area contributed by atoms with Crippen molar-refractivity contribution >= 4 is 11.6 Å². The molecule has 0 atom stereocenters. The first-order chi connectivity index (χ1) is 11.0. The molecular formula is C17H15FN4O. The minimum atomic E-state index is -0.386. The highest BCUT2D eigenvalue weighted by Crippen LogP contribution is 2.15. The highest BCUT2D eigenvalue weighted by molar-refractivity contribution is 6.01. The summed E-state index contributed by atoms with van der Waals surface area (Å²) in [6.07, 6.45) is 0. The number of aryl methyl sites for hydroxylation is 2. The number of carbonyl (C=O) groups is 1. The summed E-state index contributed by atoms with van der Waals surface area (Å²) in [5.41, 5.74) is 2.31. The van der Waals surface area contributed by atoms with Crippen LogP contribution in [0.3, 0.4) is 0 Å². The van der Waals surface area contributed by atoms with Crippen molar-refractivity contribution < 1.29 is 9.18 Å². The van der Waals surface area contributed by atoms with Gasteiger partial charge in [0.1, 0.15) is 11.6 Å². The summed E-state index contributed by atoms with van der Waals surface area (Å²) in [6, 6.07) is 13.3. The molecule has 0 aliphatic rings. The Morgan fingerprint density at radius 1 is 1.09 bits per heavy atom. The van der Waals surface area contributed by atoms with E-state index in [1.807, 2.05) is 31.2 Å². The number of rotatable bonds is 3. The first-order valence-electron chi connectivity index (χ1n) is 7.11. The van der Waals surface area contributed by atoms with Crippen molar-refractivity contribution in [3.8, 4) is 5.69 Å². The molecule has 0 fully saturated rings. The van der Waals surface area contributed by atoms with Crippen molar-refractivity contribution in [1.82, 2.24) is 14.8 Å². The van der Waals surface area contributed by atoms with Crippen LogP contribution in [0.1, 0.15) is 22.0 Å². The average Bonchev–Trinajstić information content (AvgIpc) is 2.92. The van der Waals surface area contributed by atoms with Gasteiger partial charge in [-0.25, -0.2) is 14.1 Å². The normalized spacial score (nSPS) is 10.6. The van der Waals surface area contributed by atoms with Gasteiger partial charge in [-0.3, -0.25) is 4.79 Å². The summed E-state index contributed by atoms with van der Waals surface area (Å²) < 4.78 is 14.5. The van der Waals surface area contributed by atoms with Gasteiger partial charge in [-0.15, -0.1) is 5.10 Å². The fourth-order valence-electron chi connectivity index (χ4n) is 2.20. The predicted octanol–water partition coefficient (Wildman–Crippen LogP) is 3.28. The second-order valence-corrected chi connectivity index (χ2v) is 5.14. The van der Waals surface area contributed by atoms with E-state index in [1.165, 1.54) is 16.8 Å². The number of hydrogen-bond donors (Lipinski definition) is 1. The van der Waals surface area contributed by atoms with E-state index in [0.29, 0.717) is 17.2 Å². The summed E-state index contributed by atoms with van der Waals surface area (Å²) in [6.45, 7) is 3.65. The fraction of sp³-hybridized carbons (Fsp3) is 0.118. The van der Waals surface area contributed by atoms with Gasteiger partial charge in [-0.2, -0.15) is 0 Å². The van der Waals surface area contributed by atoms with Gasteiger partial charge in [-0.1, -0.05) is 18.2 Å². The summed E-state index contributed by atoms with van der Waals surface area (Å²) in [4.78, 5) is 16.5. The molecule has 0 aliphatic carbocycles. The lowest BCUT2D eigenvalue weighted by Gasteiger charge is -2.05. The molecule has 6 heteroatoms. The second kappa shape index (κ2) is 6.00. The van der Waals surface area contributed by atoms with Crippen molar-refractivity contribution in [1.29, 1.82) is 0 Å². The summed E-state index contributed by atoms with van der Waals surface area (Å²) in [7, 11) is 0. The molecule has 1 N–H and O–H groups in total. The van der Waals surface area contributed by atoms with Gasteiger partial charge < -0.3 is 5.32 Å². The molecule has 2 aromatic carbocycles. The van der Waals surface area contributed by atoms with Gasteiger partial charge in [0.15, 0.2) is 0 Å². The molecular weight excluding hydrogens is 295 g/mol. The van der Waals surface area contributed by atoms with E-state index in [-0.39, 0.29) is 17.5 Å². The van der Waals surface area contributed by atoms with Crippen LogP contribution >= 0.6 is 0 Å². The highest BCUT2D eigenvalue weighted by Gasteiger charge is 2.16. The van der Waals surface area contributed by atoms with E-state index in [9.17, 15) is 9.18 Å². The Bertz CT molecular complexity index is 855. The number of anilines is 1. The molecule has 0 bridgehead atoms. The molecule has 3 aromatic rings. The molecule has 0 aliphatic heterocycles. The number of aromatic nitrogens is 3. The van der Waals surface area contributed by atoms with E-state index in [1.54, 1.807) is 19.1 Å². The van der Waals surface area contributed by atoms with Crippen molar-refractivity contribution in [2.75, 3.05) is 5.32 Å². The van der Waals surface area contributed by atoms with Crippen molar-refractivity contribution in [2.24, 2.45) is 0 Å². The Kier molecular flexibility index (Phi) is 3.89. The molecule has 5 nitrogen and oxygen atoms in total. The van der Waals surface area contributed by atoms with Crippen LogP contribution in [0.15, 0.2) is 48.5 Å². The minimum Gasteiger partial charge on any atom is -0.319 e. The van der Waals surface area contributed by atoms with Gasteiger partial charge >= 0.3 is 0 Å². The molecule has 0 saturated carbocycles. The second-order valence-electron chi connectivity index (χ2n) is 5.14. The molecule has 3 rings (SSSR count). The Hall–Kier alpha value is -3.02. The van der Waals surface area contributed by atoms with Crippen molar-refractivity contribution in [2.45, 2.75) is 13.8 Å². The third-order valence-electron chi connectivity index (χ3n) is 3.44. The first-order valence-corrected chi connectivity index (χ1v) is 7.11. The Morgan fingerprint density at radius 2 is 1.78 bits per heavy atom. The average molecular weight is 310 g/mol. The number of hydrogen-bond acceptors (Lipinski definition) is 3. The maximum Gasteiger partial charge on any atom is 0.295 e. The van der Waals surface area contributed by atoms with Crippen LogP contribution in [0.4, 0.5) is 10.1 Å². The zero-order valence-electron chi connectivity index (χ0n) is 12.7. The van der Waals surface area contributed by atoms with Gasteiger partial charge in [0, 0.05) is 5.69 Å². The van der Waals surface area contributed by atoms with E-state index >= 15 is 0 Å². The lowest BCUT2D eigenvalue weighted by Crippen LogP contribution is -2.15. The molecule has 0 spiro atoms. The predicted molar refractivity (Wildman–Crippen MR) is 85.2 cm³/mol. The number of amides is 1. The summed E-state index contributed by atoms with van der Waals surface area (Å²) >= 11 is 0. The molecule has 1 heterocycles. The third-order valence-corrected chi connectivity index (χ3v) is 3.44. The Morgan fingerprint density at radius 3 is 2.48 bits per heavy atom. The number of carbonyl (C=O) groups excluding carboxylic acids is 1. The van der Waals surface area contributed by atoms with Gasteiger partial charge in [-0.05, 0) is 49.7 Å². The standard InChI is InChI=1S/C17H15FN4O/c1-11-5-3-4-6-15(11)20-17(23)16-19-12(2)22(21-16)14-9-7-13(18)8-10-14/h3-10H,1-2H3,(H,20,23). The fourth-order valence-corrected chi connectivity index (χ4v) is 2.20. The first kappa shape index (κ1) is 14.9. The Labute approximate surface area is 132 Å². The maximum absolute atomic E-state index is 13.0. The summed E-state index contributed by atoms with van der Waals surface area (Å²) in [5, 5.41) is 7.00. The third kappa shape index (κ3) is 3.11. The van der Waals surface area contributed by atoms with E-state index in [0.717, 1.165) is 5.56 Å². The van der Waals surface area contributed by atoms with Crippen LogP contribution in [0.2, 0.25) is 0 Å². The van der Waals surface area contributed by atoms with Gasteiger partial charge in [0.05, 0.1) is 5.69 Å². The molecule has 0 radical (unpaired) electrons. The quantitative estimate of drug-likeness (QED) is 0.807. The van der Waals surface area contributed by atoms with Crippen LogP contribution in [-0.4, -0.2) is 20.7 Å². The minimum absolute atomic E-state index is 0.0649. The molecule has 1 amide bonds. The maximum atomic E-state index is 13.0. The van der Waals surface area contributed by atoms with Gasteiger partial charge in [0.25, 0.3) is 5.91 Å². The van der Waals surface area contributed by atoms with Crippen LogP contribution < -0.4 is 5.32 Å². The Balaban J connectivity index is 1.87. The molecule has 116 valence electrons. The SMILES string of the molecule is Cc1ccccc1NC(=O)c1nc(C)n(-c2ccc(F)cc2)n1. The van der Waals surface area contributed by atoms with Gasteiger partial charge in [0.2, 0.25) is 5.82 Å².